The normalized spacial score (nSPS) is 21.2. The molecule has 2 N–H and O–H groups in total. The SMILES string of the molecule is CN(CC1CCC(I)N1)c1cc(S(=O)(=O)NC2(C#N)CC2)cc2c(-c3nnc(C(F)F)s3)nn(C)c12. The number of nitrogens with one attached hydrogen (secondary N) is 2. The molecule has 1 saturated heterocycles. The van der Waals surface area contributed by atoms with Gasteiger partial charge in [0.1, 0.15) is 11.2 Å². The van der Waals surface area contributed by atoms with Gasteiger partial charge in [-0.05, 0) is 37.8 Å². The summed E-state index contributed by atoms with van der Waals surface area (Å²) in [5.74, 6) is 0. The molecule has 10 nitrogen and oxygen atoms in total. The second-order valence-electron chi connectivity index (χ2n) is 9.15. The molecule has 1 aliphatic carbocycles. The van der Waals surface area contributed by atoms with Crippen molar-refractivity contribution in [1.82, 2.24) is 30.0 Å². The largest absolute Gasteiger partial charge is 0.371 e. The summed E-state index contributed by atoms with van der Waals surface area (Å²) in [4.78, 5) is 1.94. The number of benzene rings is 1. The predicted molar refractivity (Wildman–Crippen MR) is 140 cm³/mol. The van der Waals surface area contributed by atoms with Gasteiger partial charge in [-0.15, -0.1) is 10.2 Å². The number of fused-ring (bicyclic) bond motifs is 1. The molecule has 3 heterocycles. The lowest BCUT2D eigenvalue weighted by Crippen LogP contribution is -2.37. The van der Waals surface area contributed by atoms with Crippen LogP contribution in [0.5, 0.6) is 0 Å². The molecule has 1 saturated carbocycles. The van der Waals surface area contributed by atoms with E-state index in [0.717, 1.165) is 24.2 Å². The topological polar surface area (TPSA) is 129 Å². The molecule has 2 aromatic heterocycles. The molecule has 2 fully saturated rings. The lowest BCUT2D eigenvalue weighted by molar-refractivity contribution is 0.150. The fraction of sp³-hybridized carbons (Fsp3) is 0.524. The third-order valence-corrected chi connectivity index (χ3v) is 9.85. The zero-order chi connectivity index (χ0) is 25.8. The highest BCUT2D eigenvalue weighted by Gasteiger charge is 2.47. The molecular weight excluding hydrogens is 625 g/mol. The molecule has 3 aromatic rings. The molecule has 2 unspecified atom stereocenters. The van der Waals surface area contributed by atoms with Gasteiger partial charge in [-0.2, -0.15) is 15.1 Å². The van der Waals surface area contributed by atoms with Gasteiger partial charge in [0.05, 0.1) is 26.2 Å². The van der Waals surface area contributed by atoms with Crippen molar-refractivity contribution in [3.8, 4) is 16.8 Å². The number of aromatic nitrogens is 4. The van der Waals surface area contributed by atoms with Gasteiger partial charge in [-0.25, -0.2) is 17.2 Å². The van der Waals surface area contributed by atoms with Crippen LogP contribution in [0.1, 0.15) is 37.1 Å². The summed E-state index contributed by atoms with van der Waals surface area (Å²) in [5, 5.41) is 25.1. The van der Waals surface area contributed by atoms with Crippen molar-refractivity contribution < 1.29 is 17.2 Å². The summed E-state index contributed by atoms with van der Waals surface area (Å²) in [6.07, 6.45) is 0.157. The van der Waals surface area contributed by atoms with Gasteiger partial charge < -0.3 is 10.2 Å². The summed E-state index contributed by atoms with van der Waals surface area (Å²) in [6, 6.07) is 5.31. The monoisotopic (exact) mass is 648 g/mol. The van der Waals surface area contributed by atoms with E-state index in [9.17, 15) is 22.5 Å². The number of alkyl halides is 3. The number of likely N-dealkylation sites (N-methyl/N-ethyl adjacent to an activating group) is 1. The van der Waals surface area contributed by atoms with Gasteiger partial charge >= 0.3 is 0 Å². The summed E-state index contributed by atoms with van der Waals surface area (Å²) in [6.45, 7) is 0.627. The van der Waals surface area contributed by atoms with Crippen molar-refractivity contribution >= 4 is 60.5 Å². The molecule has 0 radical (unpaired) electrons. The van der Waals surface area contributed by atoms with Crippen molar-refractivity contribution in [2.24, 2.45) is 7.05 Å². The number of anilines is 1. The van der Waals surface area contributed by atoms with Crippen LogP contribution in [0.15, 0.2) is 17.0 Å². The number of hydrogen-bond donors (Lipinski definition) is 2. The average molecular weight is 649 g/mol. The van der Waals surface area contributed by atoms with E-state index < -0.39 is 27.0 Å². The third kappa shape index (κ3) is 4.80. The minimum atomic E-state index is -4.05. The second kappa shape index (κ2) is 9.39. The van der Waals surface area contributed by atoms with E-state index in [1.54, 1.807) is 17.8 Å². The fourth-order valence-electron chi connectivity index (χ4n) is 4.41. The quantitative estimate of drug-likeness (QED) is 0.217. The first-order valence-electron chi connectivity index (χ1n) is 11.2. The highest BCUT2D eigenvalue weighted by atomic mass is 127. The number of aryl methyl sites for hydroxylation is 1. The maximum atomic E-state index is 13.4. The number of rotatable bonds is 8. The molecule has 15 heteroatoms. The van der Waals surface area contributed by atoms with Crippen LogP contribution in [0.3, 0.4) is 0 Å². The van der Waals surface area contributed by atoms with Gasteiger partial charge in [0.15, 0.2) is 10.0 Å². The number of hydrogen-bond acceptors (Lipinski definition) is 9. The van der Waals surface area contributed by atoms with Gasteiger partial charge in [-0.1, -0.05) is 33.9 Å². The summed E-state index contributed by atoms with van der Waals surface area (Å²) in [5.41, 5.74) is 0.446. The minimum Gasteiger partial charge on any atom is -0.371 e. The molecule has 0 amide bonds. The Labute approximate surface area is 224 Å². The van der Waals surface area contributed by atoms with Gasteiger partial charge in [-0.3, -0.25) is 4.68 Å². The molecule has 36 heavy (non-hydrogen) atoms. The van der Waals surface area contributed by atoms with Crippen LogP contribution in [0, 0.1) is 11.3 Å². The van der Waals surface area contributed by atoms with Crippen molar-refractivity contribution in [3.05, 3.63) is 17.1 Å². The van der Waals surface area contributed by atoms with E-state index in [1.807, 2.05) is 18.0 Å². The summed E-state index contributed by atoms with van der Waals surface area (Å²) >= 11 is 3.08. The Balaban J connectivity index is 1.64. The van der Waals surface area contributed by atoms with Crippen LogP contribution in [0.25, 0.3) is 21.6 Å². The standard InChI is InChI=1S/C21H23F2IN8O2S2/c1-31(9-11-3-4-15(24)26-11)14-8-12(36(33,34)30-21(10-25)5-6-21)7-13-16(29-32(2)17(13)14)19-27-28-20(35-19)18(22)23/h7-8,11,15,18,26,30H,3-6,9H2,1-2H3. The van der Waals surface area contributed by atoms with Crippen LogP contribution in [-0.4, -0.2) is 57.6 Å². The molecule has 192 valence electrons. The smallest absolute Gasteiger partial charge is 0.291 e. The van der Waals surface area contributed by atoms with Crippen molar-refractivity contribution in [3.63, 3.8) is 0 Å². The Morgan fingerprint density at radius 1 is 1.39 bits per heavy atom. The number of nitriles is 1. The van der Waals surface area contributed by atoms with Crippen LogP contribution >= 0.6 is 33.9 Å². The molecule has 1 aliphatic heterocycles. The van der Waals surface area contributed by atoms with E-state index >= 15 is 0 Å². The maximum absolute atomic E-state index is 13.4. The van der Waals surface area contributed by atoms with Gasteiger partial charge in [0.2, 0.25) is 10.0 Å². The first-order chi connectivity index (χ1) is 17.0. The molecule has 2 atom stereocenters. The van der Waals surface area contributed by atoms with Gasteiger partial charge in [0.25, 0.3) is 6.43 Å². The molecule has 0 bridgehead atoms. The summed E-state index contributed by atoms with van der Waals surface area (Å²) < 4.78 is 57.6. The zero-order valence-electron chi connectivity index (χ0n) is 19.4. The van der Waals surface area contributed by atoms with E-state index in [1.165, 1.54) is 6.07 Å². The van der Waals surface area contributed by atoms with E-state index in [4.69, 9.17) is 0 Å². The van der Waals surface area contributed by atoms with E-state index in [2.05, 4.69) is 47.9 Å². The number of halogens is 3. The highest BCUT2D eigenvalue weighted by Crippen LogP contribution is 2.40. The lowest BCUT2D eigenvalue weighted by atomic mass is 10.1. The van der Waals surface area contributed by atoms with Crippen molar-refractivity contribution in [2.75, 3.05) is 18.5 Å². The van der Waals surface area contributed by atoms with Crippen LogP contribution in [0.2, 0.25) is 0 Å². The van der Waals surface area contributed by atoms with Crippen LogP contribution in [-0.2, 0) is 17.1 Å². The Morgan fingerprint density at radius 3 is 2.72 bits per heavy atom. The first kappa shape index (κ1) is 25.6. The minimum absolute atomic E-state index is 0.0302. The molecule has 5 rings (SSSR count). The number of sulfonamides is 1. The zero-order valence-corrected chi connectivity index (χ0v) is 23.2. The van der Waals surface area contributed by atoms with Crippen LogP contribution < -0.4 is 14.9 Å². The Bertz CT molecular complexity index is 1460. The Morgan fingerprint density at radius 2 is 2.14 bits per heavy atom. The van der Waals surface area contributed by atoms with Crippen molar-refractivity contribution in [1.29, 1.82) is 5.26 Å². The lowest BCUT2D eigenvalue weighted by Gasteiger charge is -2.25. The van der Waals surface area contributed by atoms with E-state index in [-0.39, 0.29) is 21.6 Å². The van der Waals surface area contributed by atoms with Crippen LogP contribution in [0.4, 0.5) is 14.5 Å². The van der Waals surface area contributed by atoms with E-state index in [0.29, 0.717) is 40.0 Å². The summed E-state index contributed by atoms with van der Waals surface area (Å²) in [7, 11) is -0.458. The molecule has 0 spiro atoms. The Hall–Kier alpha value is -2.00. The van der Waals surface area contributed by atoms with Crippen molar-refractivity contribution in [2.45, 2.75) is 52.6 Å². The maximum Gasteiger partial charge on any atom is 0.291 e. The molecule has 2 aliphatic rings. The third-order valence-electron chi connectivity index (χ3n) is 6.42. The Kier molecular flexibility index (Phi) is 6.69. The van der Waals surface area contributed by atoms with Gasteiger partial charge in [0, 0.05) is 32.1 Å². The average Bonchev–Trinajstić information content (AvgIpc) is 3.15. The fourth-order valence-corrected chi connectivity index (χ4v) is 7.40. The molecular formula is C21H23F2IN8O2S2. The predicted octanol–water partition coefficient (Wildman–Crippen LogP) is 3.31. The first-order valence-corrected chi connectivity index (χ1v) is 14.8. The molecule has 1 aromatic carbocycles. The second-order valence-corrected chi connectivity index (χ2v) is 13.3. The number of nitrogens with zero attached hydrogens (tertiary/aromatic N) is 6. The highest BCUT2D eigenvalue weighted by molar-refractivity contribution is 14.1.